The van der Waals surface area contributed by atoms with E-state index in [9.17, 15) is 5.26 Å². The molecule has 0 aromatic heterocycles. The summed E-state index contributed by atoms with van der Waals surface area (Å²) in [4.78, 5) is -0.129. The quantitative estimate of drug-likeness (QED) is 0.552. The van der Waals surface area contributed by atoms with E-state index in [1.807, 2.05) is 6.08 Å². The van der Waals surface area contributed by atoms with Gasteiger partial charge in [0.15, 0.2) is 0 Å². The molecule has 5 heteroatoms. The minimum absolute atomic E-state index is 0.0646. The van der Waals surface area contributed by atoms with Crippen LogP contribution in [0.25, 0.3) is 0 Å². The first-order valence-corrected chi connectivity index (χ1v) is 7.68. The molecule has 0 aliphatic heterocycles. The number of rotatable bonds is 0. The average Bonchev–Trinajstić information content (AvgIpc) is 2.60. The molecule has 88 valence electrons. The Bertz CT molecular complexity index is 537. The van der Waals surface area contributed by atoms with Crippen LogP contribution in [0.1, 0.15) is 13.8 Å². The van der Waals surface area contributed by atoms with Crippen molar-refractivity contribution in [1.29, 1.82) is 10.5 Å². The van der Waals surface area contributed by atoms with Gasteiger partial charge in [-0.15, -0.1) is 0 Å². The first-order chi connectivity index (χ1) is 7.84. The maximum Gasteiger partial charge on any atom is 0.0968 e. The highest BCUT2D eigenvalue weighted by atomic mass is 79.9. The molecule has 2 nitrogen and oxygen atoms in total. The van der Waals surface area contributed by atoms with Crippen LogP contribution in [0.4, 0.5) is 0 Å². The molecular weight excluding hydrogens is 412 g/mol. The summed E-state index contributed by atoms with van der Waals surface area (Å²) < 4.78 is 0.889. The Morgan fingerprint density at radius 3 is 2.18 bits per heavy atom. The van der Waals surface area contributed by atoms with Gasteiger partial charge in [-0.2, -0.15) is 10.5 Å². The molecule has 0 N–H and O–H groups in total. The summed E-state index contributed by atoms with van der Waals surface area (Å²) in [5, 5.41) is 18.4. The highest BCUT2D eigenvalue weighted by molar-refractivity contribution is 9.12. The highest BCUT2D eigenvalue weighted by Crippen LogP contribution is 2.68. The van der Waals surface area contributed by atoms with E-state index >= 15 is 0 Å². The number of nitriles is 2. The Morgan fingerprint density at radius 1 is 1.18 bits per heavy atom. The van der Waals surface area contributed by atoms with Gasteiger partial charge in [0.25, 0.3) is 0 Å². The molecule has 4 atom stereocenters. The summed E-state index contributed by atoms with van der Waals surface area (Å²) >= 11 is 10.8. The van der Waals surface area contributed by atoms with Gasteiger partial charge >= 0.3 is 0 Å². The smallest absolute Gasteiger partial charge is 0.0968 e. The lowest BCUT2D eigenvalue weighted by Crippen LogP contribution is -2.39. The maximum atomic E-state index is 9.23. The zero-order valence-electron chi connectivity index (χ0n) is 9.26. The standard InChI is InChI=1S/C12H9Br3N2/c1-11-3-6(4-16)8(13)12(11,2)10(15)7(5-17)9(11)14/h3,8-9H,1-2H3/t8-,9-,11+,12-/m1/s1. The molecule has 0 amide bonds. The SMILES string of the molecule is C[C@@]12C=C(C#N)[C@@H](Br)[C@]1(C)C(Br)=C(C#N)[C@H]2Br. The van der Waals surface area contributed by atoms with E-state index in [1.165, 1.54) is 0 Å². The van der Waals surface area contributed by atoms with Crippen LogP contribution in [-0.4, -0.2) is 9.65 Å². The summed E-state index contributed by atoms with van der Waals surface area (Å²) in [7, 11) is 0. The van der Waals surface area contributed by atoms with Crippen molar-refractivity contribution in [2.45, 2.75) is 23.5 Å². The number of allylic oxidation sites excluding steroid dienone is 4. The number of nitrogens with zero attached hydrogens (tertiary/aromatic N) is 2. The average molecular weight is 421 g/mol. The van der Waals surface area contributed by atoms with Gasteiger partial charge in [-0.25, -0.2) is 0 Å². The van der Waals surface area contributed by atoms with E-state index in [4.69, 9.17) is 5.26 Å². The number of alkyl halides is 2. The largest absolute Gasteiger partial charge is 0.193 e. The maximum absolute atomic E-state index is 9.23. The monoisotopic (exact) mass is 418 g/mol. The van der Waals surface area contributed by atoms with E-state index in [0.717, 1.165) is 10.1 Å². The zero-order chi connectivity index (χ0) is 13.0. The van der Waals surface area contributed by atoms with Crippen LogP contribution in [0.15, 0.2) is 21.7 Å². The van der Waals surface area contributed by atoms with Crippen LogP contribution in [0, 0.1) is 33.5 Å². The summed E-state index contributed by atoms with van der Waals surface area (Å²) in [5.74, 6) is 0. The molecule has 2 aliphatic rings. The lowest BCUT2D eigenvalue weighted by molar-refractivity contribution is 0.243. The van der Waals surface area contributed by atoms with E-state index in [2.05, 4.69) is 73.8 Å². The van der Waals surface area contributed by atoms with Crippen molar-refractivity contribution in [3.63, 3.8) is 0 Å². The summed E-state index contributed by atoms with van der Waals surface area (Å²) in [6.07, 6.45) is 1.98. The third-order valence-electron chi connectivity index (χ3n) is 4.08. The Labute approximate surface area is 126 Å². The second-order valence-corrected chi connectivity index (χ2v) is 7.39. The van der Waals surface area contributed by atoms with Gasteiger partial charge in [0.1, 0.15) is 0 Å². The van der Waals surface area contributed by atoms with Gasteiger partial charge in [-0.3, -0.25) is 0 Å². The predicted octanol–water partition coefficient (Wildman–Crippen LogP) is 4.18. The van der Waals surface area contributed by atoms with Gasteiger partial charge in [0, 0.05) is 20.9 Å². The third kappa shape index (κ3) is 1.34. The van der Waals surface area contributed by atoms with E-state index < -0.39 is 0 Å². The zero-order valence-corrected chi connectivity index (χ0v) is 14.0. The summed E-state index contributed by atoms with van der Waals surface area (Å²) in [6.45, 7) is 4.16. The van der Waals surface area contributed by atoms with Gasteiger partial charge in [-0.05, 0) is 0 Å². The molecule has 0 heterocycles. The lowest BCUT2D eigenvalue weighted by atomic mass is 9.70. The molecule has 0 fully saturated rings. The second kappa shape index (κ2) is 3.95. The fraction of sp³-hybridized carbons (Fsp3) is 0.500. The second-order valence-electron chi connectivity index (χ2n) is 4.76. The minimum atomic E-state index is -0.294. The van der Waals surface area contributed by atoms with Crippen molar-refractivity contribution >= 4 is 47.8 Å². The fourth-order valence-electron chi connectivity index (χ4n) is 2.70. The first kappa shape index (κ1) is 13.3. The third-order valence-corrected chi connectivity index (χ3v) is 8.14. The van der Waals surface area contributed by atoms with E-state index in [-0.39, 0.29) is 20.5 Å². The molecular formula is C12H9Br3N2. The highest BCUT2D eigenvalue weighted by Gasteiger charge is 2.64. The van der Waals surface area contributed by atoms with Gasteiger partial charge < -0.3 is 0 Å². The van der Waals surface area contributed by atoms with Crippen LogP contribution in [0.3, 0.4) is 0 Å². The number of hydrogen-bond acceptors (Lipinski definition) is 2. The molecule has 0 saturated carbocycles. The Kier molecular flexibility index (Phi) is 3.10. The Morgan fingerprint density at radius 2 is 1.76 bits per heavy atom. The van der Waals surface area contributed by atoms with Crippen molar-refractivity contribution in [2.24, 2.45) is 10.8 Å². The molecule has 0 unspecified atom stereocenters. The molecule has 0 bridgehead atoms. The number of hydrogen-bond donors (Lipinski definition) is 0. The topological polar surface area (TPSA) is 47.6 Å². The van der Waals surface area contributed by atoms with Crippen molar-refractivity contribution < 1.29 is 0 Å². The molecule has 0 aromatic carbocycles. The van der Waals surface area contributed by atoms with Crippen LogP contribution in [0.5, 0.6) is 0 Å². The van der Waals surface area contributed by atoms with Gasteiger partial charge in [-0.1, -0.05) is 67.7 Å². The van der Waals surface area contributed by atoms with E-state index in [1.54, 1.807) is 0 Å². The first-order valence-electron chi connectivity index (χ1n) is 5.05. The van der Waals surface area contributed by atoms with Crippen molar-refractivity contribution in [3.8, 4) is 12.1 Å². The predicted molar refractivity (Wildman–Crippen MR) is 76.9 cm³/mol. The molecule has 0 radical (unpaired) electrons. The minimum Gasteiger partial charge on any atom is -0.193 e. The van der Waals surface area contributed by atoms with Crippen molar-refractivity contribution in [3.05, 3.63) is 21.7 Å². The van der Waals surface area contributed by atoms with Crippen molar-refractivity contribution in [1.82, 2.24) is 0 Å². The van der Waals surface area contributed by atoms with Crippen LogP contribution < -0.4 is 0 Å². The Hall–Kier alpha value is -0.100. The van der Waals surface area contributed by atoms with Crippen LogP contribution >= 0.6 is 47.8 Å². The fourth-order valence-corrected chi connectivity index (χ4v) is 6.18. The molecule has 0 aromatic rings. The summed E-state index contributed by atoms with van der Waals surface area (Å²) in [5.41, 5.74) is 0.883. The molecule has 2 aliphatic carbocycles. The van der Waals surface area contributed by atoms with Crippen molar-refractivity contribution in [2.75, 3.05) is 0 Å². The number of fused-ring (bicyclic) bond motifs is 1. The van der Waals surface area contributed by atoms with Gasteiger partial charge in [0.2, 0.25) is 0 Å². The van der Waals surface area contributed by atoms with Crippen LogP contribution in [-0.2, 0) is 0 Å². The normalized spacial score (nSPS) is 44.1. The van der Waals surface area contributed by atoms with Crippen LogP contribution in [0.2, 0.25) is 0 Å². The molecule has 2 rings (SSSR count). The lowest BCUT2D eigenvalue weighted by Gasteiger charge is -2.39. The Balaban J connectivity index is 2.69. The number of halogens is 3. The van der Waals surface area contributed by atoms with E-state index in [0.29, 0.717) is 5.57 Å². The van der Waals surface area contributed by atoms with Gasteiger partial charge in [0.05, 0.1) is 27.4 Å². The summed E-state index contributed by atoms with van der Waals surface area (Å²) in [6, 6.07) is 4.48. The molecule has 0 saturated heterocycles. The molecule has 17 heavy (non-hydrogen) atoms. The molecule has 0 spiro atoms.